The van der Waals surface area contributed by atoms with Crippen LogP contribution in [0, 0.1) is 18.3 Å². The summed E-state index contributed by atoms with van der Waals surface area (Å²) in [4.78, 5) is 11.2. The van der Waals surface area contributed by atoms with Crippen LogP contribution < -0.4 is 4.74 Å². The smallest absolute Gasteiger partial charge is 0.316 e. The van der Waals surface area contributed by atoms with Crippen LogP contribution in [-0.2, 0) is 12.0 Å². The van der Waals surface area contributed by atoms with E-state index in [2.05, 4.69) is 20.8 Å². The Labute approximate surface area is 171 Å². The Kier molecular flexibility index (Phi) is 5.81. The summed E-state index contributed by atoms with van der Waals surface area (Å²) in [6.45, 7) is 2.22. The second kappa shape index (κ2) is 8.50. The molecule has 0 saturated carbocycles. The van der Waals surface area contributed by atoms with Crippen molar-refractivity contribution in [3.63, 3.8) is 0 Å². The van der Waals surface area contributed by atoms with Gasteiger partial charge in [0, 0.05) is 31.2 Å². The van der Waals surface area contributed by atoms with Crippen LogP contribution in [-0.4, -0.2) is 57.4 Å². The number of aliphatic hydroxyl groups is 2. The van der Waals surface area contributed by atoms with E-state index in [0.29, 0.717) is 25.0 Å². The van der Waals surface area contributed by atoms with Gasteiger partial charge < -0.3 is 14.9 Å². The summed E-state index contributed by atoms with van der Waals surface area (Å²) in [5, 5.41) is 20.9. The van der Waals surface area contributed by atoms with Crippen LogP contribution in [0.1, 0.15) is 36.1 Å². The predicted molar refractivity (Wildman–Crippen MR) is 109 cm³/mol. The second-order valence-electron chi connectivity index (χ2n) is 7.81. The van der Waals surface area contributed by atoms with Crippen LogP contribution in [0.3, 0.4) is 0 Å². The topological polar surface area (TPSA) is 78.7 Å². The molecule has 4 heterocycles. The molecule has 3 aliphatic heterocycles. The molecule has 0 amide bonds. The average molecular weight is 393 g/mol. The van der Waals surface area contributed by atoms with Crippen molar-refractivity contribution in [2.24, 2.45) is 5.92 Å². The van der Waals surface area contributed by atoms with E-state index in [1.807, 2.05) is 30.3 Å². The van der Waals surface area contributed by atoms with Gasteiger partial charge in [0.2, 0.25) is 0 Å². The van der Waals surface area contributed by atoms with Gasteiger partial charge in [-0.15, -0.1) is 6.42 Å². The summed E-state index contributed by atoms with van der Waals surface area (Å²) in [6, 6.07) is 9.91. The van der Waals surface area contributed by atoms with Crippen molar-refractivity contribution in [3.8, 4) is 18.4 Å². The minimum absolute atomic E-state index is 0.0517. The molecule has 2 aromatic rings. The molecule has 1 aromatic heterocycles. The summed E-state index contributed by atoms with van der Waals surface area (Å²) >= 11 is 0. The predicted octanol–water partition coefficient (Wildman–Crippen LogP) is 1.74. The van der Waals surface area contributed by atoms with Gasteiger partial charge in [-0.1, -0.05) is 36.3 Å². The maximum Gasteiger partial charge on any atom is 0.316 e. The Morgan fingerprint density at radius 1 is 1.24 bits per heavy atom. The lowest BCUT2D eigenvalue weighted by molar-refractivity contribution is -0.143. The zero-order valence-electron chi connectivity index (χ0n) is 16.5. The maximum atomic E-state index is 11.9. The Morgan fingerprint density at radius 3 is 2.69 bits per heavy atom. The van der Waals surface area contributed by atoms with Crippen LogP contribution in [0.4, 0.5) is 0 Å². The number of aliphatic hydroxyl groups excluding tert-OH is 1. The first kappa shape index (κ1) is 19.8. The molecule has 0 radical (unpaired) electrons. The Morgan fingerprint density at radius 2 is 2.00 bits per heavy atom. The van der Waals surface area contributed by atoms with E-state index >= 15 is 0 Å². The van der Waals surface area contributed by atoms with E-state index in [4.69, 9.17) is 16.3 Å². The first-order valence-corrected chi connectivity index (χ1v) is 10.2. The summed E-state index contributed by atoms with van der Waals surface area (Å²) in [5.74, 6) is 2.92. The molecule has 0 spiro atoms. The van der Waals surface area contributed by atoms with Gasteiger partial charge in [-0.25, -0.2) is 4.98 Å². The van der Waals surface area contributed by atoms with Crippen molar-refractivity contribution in [1.29, 1.82) is 0 Å². The highest BCUT2D eigenvalue weighted by atomic mass is 16.5. The molecule has 2 bridgehead atoms. The highest BCUT2D eigenvalue weighted by Gasteiger charge is 2.54. The third kappa shape index (κ3) is 3.74. The number of aromatic nitrogens is 2. The first-order valence-electron chi connectivity index (χ1n) is 10.2. The monoisotopic (exact) mass is 393 g/mol. The van der Waals surface area contributed by atoms with Crippen molar-refractivity contribution in [3.05, 3.63) is 53.3 Å². The molecule has 6 heteroatoms. The zero-order valence-corrected chi connectivity index (χ0v) is 16.5. The summed E-state index contributed by atoms with van der Waals surface area (Å²) in [6.07, 6.45) is 10.5. The minimum Gasteiger partial charge on any atom is -0.463 e. The number of benzene rings is 1. The van der Waals surface area contributed by atoms with Gasteiger partial charge in [0.15, 0.2) is 0 Å². The number of nitrogens with zero attached hydrogens (tertiary/aromatic N) is 3. The van der Waals surface area contributed by atoms with Gasteiger partial charge in [0.05, 0.1) is 12.3 Å². The van der Waals surface area contributed by atoms with Crippen molar-refractivity contribution >= 4 is 0 Å². The quantitative estimate of drug-likeness (QED) is 0.551. The Bertz CT molecular complexity index is 875. The summed E-state index contributed by atoms with van der Waals surface area (Å²) in [7, 11) is 0. The van der Waals surface area contributed by atoms with E-state index in [1.165, 1.54) is 0 Å². The fourth-order valence-corrected chi connectivity index (χ4v) is 4.65. The van der Waals surface area contributed by atoms with E-state index in [1.54, 1.807) is 6.20 Å². The molecule has 6 nitrogen and oxygen atoms in total. The van der Waals surface area contributed by atoms with Gasteiger partial charge in [-0.2, -0.15) is 4.98 Å². The Hall–Kier alpha value is -2.46. The highest BCUT2D eigenvalue weighted by molar-refractivity contribution is 5.37. The number of piperidine rings is 3. The number of hydrogen-bond acceptors (Lipinski definition) is 6. The van der Waals surface area contributed by atoms with Gasteiger partial charge in [0.1, 0.15) is 11.6 Å². The van der Waals surface area contributed by atoms with Crippen molar-refractivity contribution in [2.45, 2.75) is 37.3 Å². The average Bonchev–Trinajstić information content (AvgIpc) is 2.75. The zero-order chi connectivity index (χ0) is 20.3. The molecule has 3 fully saturated rings. The number of ether oxygens (including phenoxy) is 1. The number of hydrogen-bond donors (Lipinski definition) is 2. The molecule has 29 heavy (non-hydrogen) atoms. The van der Waals surface area contributed by atoms with Gasteiger partial charge in [-0.3, -0.25) is 4.90 Å². The van der Waals surface area contributed by atoms with Crippen molar-refractivity contribution in [1.82, 2.24) is 14.9 Å². The first-order chi connectivity index (χ1) is 14.2. The van der Waals surface area contributed by atoms with E-state index in [0.717, 1.165) is 37.2 Å². The molecule has 1 unspecified atom stereocenters. The third-order valence-corrected chi connectivity index (χ3v) is 6.12. The van der Waals surface area contributed by atoms with Crippen LogP contribution >= 0.6 is 0 Å². The van der Waals surface area contributed by atoms with Crippen LogP contribution in [0.2, 0.25) is 0 Å². The minimum atomic E-state index is -1.17. The fourth-order valence-electron chi connectivity index (χ4n) is 4.65. The molecular weight excluding hydrogens is 366 g/mol. The van der Waals surface area contributed by atoms with Crippen molar-refractivity contribution < 1.29 is 14.9 Å². The molecular formula is C23H27N3O3. The number of terminal acetylenes is 1. The lowest BCUT2D eigenvalue weighted by atomic mass is 9.66. The lowest BCUT2D eigenvalue weighted by Crippen LogP contribution is -2.63. The van der Waals surface area contributed by atoms with Crippen LogP contribution in [0.5, 0.6) is 6.01 Å². The molecule has 5 rings (SSSR count). The third-order valence-electron chi connectivity index (χ3n) is 6.12. The summed E-state index contributed by atoms with van der Waals surface area (Å²) < 4.78 is 5.60. The van der Waals surface area contributed by atoms with Gasteiger partial charge in [0.25, 0.3) is 0 Å². The molecule has 1 aromatic carbocycles. The molecule has 3 saturated heterocycles. The normalized spacial score (nSPS) is 28.1. The van der Waals surface area contributed by atoms with Crippen LogP contribution in [0.25, 0.3) is 0 Å². The lowest BCUT2D eigenvalue weighted by Gasteiger charge is -2.54. The standard InChI is InChI=1S/C23H27N3O3/c1-2-21-23(28,18-9-11-26(21)12-10-18)19-16-24-22(29-14-6-13-27)25-20(19)15-17-7-4-3-5-8-17/h1,3-5,7-8,16,18,21,27-28H,6,9-15H2/t21?,23-/m1/s1. The van der Waals surface area contributed by atoms with Gasteiger partial charge >= 0.3 is 6.01 Å². The largest absolute Gasteiger partial charge is 0.463 e. The SMILES string of the molecule is C#CC1N2CCC(CC2)[C@@]1(O)c1cnc(OCCCO)nc1Cc1ccccc1. The molecule has 3 aliphatic rings. The highest BCUT2D eigenvalue weighted by Crippen LogP contribution is 2.47. The number of rotatable bonds is 7. The Balaban J connectivity index is 1.74. The number of fused-ring (bicyclic) bond motifs is 3. The van der Waals surface area contributed by atoms with E-state index in [9.17, 15) is 5.11 Å². The molecule has 0 aliphatic carbocycles. The molecule has 2 atom stereocenters. The maximum absolute atomic E-state index is 11.9. The summed E-state index contributed by atoms with van der Waals surface area (Å²) in [5.41, 5.74) is 1.37. The van der Waals surface area contributed by atoms with E-state index in [-0.39, 0.29) is 24.6 Å². The van der Waals surface area contributed by atoms with Gasteiger partial charge in [-0.05, 0) is 37.4 Å². The molecule has 2 N–H and O–H groups in total. The van der Waals surface area contributed by atoms with E-state index < -0.39 is 5.60 Å². The fraction of sp³-hybridized carbons (Fsp3) is 0.478. The van der Waals surface area contributed by atoms with Crippen LogP contribution in [0.15, 0.2) is 36.5 Å². The molecule has 152 valence electrons. The second-order valence-corrected chi connectivity index (χ2v) is 7.81. The van der Waals surface area contributed by atoms with Crippen molar-refractivity contribution in [2.75, 3.05) is 26.3 Å².